The van der Waals surface area contributed by atoms with Crippen LogP contribution in [-0.4, -0.2) is 15.3 Å². The van der Waals surface area contributed by atoms with E-state index in [1.165, 1.54) is 37.3 Å². The lowest BCUT2D eigenvalue weighted by Crippen LogP contribution is -2.03. The molecule has 0 fully saturated rings. The lowest BCUT2D eigenvalue weighted by molar-refractivity contribution is 0.101. The van der Waals surface area contributed by atoms with Crippen molar-refractivity contribution in [3.05, 3.63) is 35.4 Å². The van der Waals surface area contributed by atoms with Crippen LogP contribution in [0, 0.1) is 0 Å². The van der Waals surface area contributed by atoms with Crippen LogP contribution in [0.25, 0.3) is 0 Å². The zero-order valence-electron chi connectivity index (χ0n) is 11.7. The minimum atomic E-state index is 0.315. The van der Waals surface area contributed by atoms with Gasteiger partial charge in [0.05, 0.1) is 6.04 Å². The number of aryl methyl sites for hydroxylation is 1. The Morgan fingerprint density at radius 3 is 2.33 bits per heavy atom. The van der Waals surface area contributed by atoms with E-state index >= 15 is 0 Å². The molecule has 0 aliphatic rings. The number of carbonyl (C=O) groups excluding carboxylic acids is 1. The Hall–Kier alpha value is -0.893. The molecule has 1 nitrogen and oxygen atoms in total. The maximum Gasteiger partial charge on any atom is 0.307 e. The number of unbranched alkanes of at least 4 members (excludes halogenated alkanes) is 2. The van der Waals surface area contributed by atoms with Gasteiger partial charge < -0.3 is 0 Å². The SMILES string of the molecule is CCCC[SiH+]CC(=O)c1ccc(CCCC)cc1. The van der Waals surface area contributed by atoms with Crippen molar-refractivity contribution in [2.24, 2.45) is 0 Å². The number of rotatable bonds is 9. The molecule has 0 N–H and O–H groups in total. The quantitative estimate of drug-likeness (QED) is 0.368. The van der Waals surface area contributed by atoms with Gasteiger partial charge in [-0.1, -0.05) is 51.0 Å². The Kier molecular flexibility index (Phi) is 7.66. The lowest BCUT2D eigenvalue weighted by atomic mass is 10.0. The lowest BCUT2D eigenvalue weighted by Gasteiger charge is -2.01. The molecule has 98 valence electrons. The van der Waals surface area contributed by atoms with E-state index in [1.54, 1.807) is 0 Å². The summed E-state index contributed by atoms with van der Waals surface area (Å²) < 4.78 is 0. The second kappa shape index (κ2) is 9.09. The first kappa shape index (κ1) is 15.2. The number of Topliss-reactive ketones (excluding diaryl/α,β-unsaturated/α-hetero) is 1. The van der Waals surface area contributed by atoms with E-state index in [1.807, 2.05) is 12.1 Å². The van der Waals surface area contributed by atoms with Crippen LogP contribution in [0.1, 0.15) is 55.5 Å². The minimum Gasteiger partial charge on any atom is -0.291 e. The molecular formula is C16H25OSi+. The van der Waals surface area contributed by atoms with Crippen molar-refractivity contribution < 1.29 is 4.79 Å². The van der Waals surface area contributed by atoms with E-state index in [2.05, 4.69) is 26.0 Å². The summed E-state index contributed by atoms with van der Waals surface area (Å²) >= 11 is 0. The van der Waals surface area contributed by atoms with Crippen LogP contribution >= 0.6 is 0 Å². The third-order valence-electron chi connectivity index (χ3n) is 3.19. The highest BCUT2D eigenvalue weighted by Gasteiger charge is 2.12. The molecule has 0 aliphatic carbocycles. The van der Waals surface area contributed by atoms with Crippen molar-refractivity contribution in [3.63, 3.8) is 0 Å². The molecule has 2 heteroatoms. The zero-order chi connectivity index (χ0) is 13.2. The van der Waals surface area contributed by atoms with Crippen molar-refractivity contribution in [3.8, 4) is 0 Å². The molecule has 1 rings (SSSR count). The Balaban J connectivity index is 2.38. The molecule has 0 spiro atoms. The third kappa shape index (κ3) is 5.63. The van der Waals surface area contributed by atoms with Gasteiger partial charge in [-0.15, -0.1) is 0 Å². The van der Waals surface area contributed by atoms with Crippen LogP contribution in [0.3, 0.4) is 0 Å². The van der Waals surface area contributed by atoms with Crippen molar-refractivity contribution in [2.75, 3.05) is 0 Å². The molecule has 0 amide bonds. The molecule has 1 aromatic rings. The van der Waals surface area contributed by atoms with Crippen molar-refractivity contribution in [1.82, 2.24) is 0 Å². The van der Waals surface area contributed by atoms with Crippen LogP contribution in [0.5, 0.6) is 0 Å². The van der Waals surface area contributed by atoms with Gasteiger partial charge in [-0.3, -0.25) is 4.79 Å². The third-order valence-corrected chi connectivity index (χ3v) is 4.66. The Morgan fingerprint density at radius 2 is 1.72 bits per heavy atom. The number of carbonyl (C=O) groups is 1. The van der Waals surface area contributed by atoms with Gasteiger partial charge in [0.15, 0.2) is 5.78 Å². The number of hydrogen-bond acceptors (Lipinski definition) is 1. The fraction of sp³-hybridized carbons (Fsp3) is 0.562. The molecule has 18 heavy (non-hydrogen) atoms. The zero-order valence-corrected chi connectivity index (χ0v) is 12.9. The molecule has 0 saturated carbocycles. The summed E-state index contributed by atoms with van der Waals surface area (Å²) in [5, 5.41) is 0. The Bertz CT molecular complexity index is 343. The average Bonchev–Trinajstić information content (AvgIpc) is 2.41. The summed E-state index contributed by atoms with van der Waals surface area (Å²) in [6.45, 7) is 4.41. The highest BCUT2D eigenvalue weighted by molar-refractivity contribution is 6.42. The molecule has 0 radical (unpaired) electrons. The van der Waals surface area contributed by atoms with Gasteiger partial charge >= 0.3 is 9.52 Å². The van der Waals surface area contributed by atoms with Gasteiger partial charge in [0.2, 0.25) is 0 Å². The smallest absolute Gasteiger partial charge is 0.291 e. The van der Waals surface area contributed by atoms with Gasteiger partial charge in [-0.05, 0) is 24.8 Å². The largest absolute Gasteiger partial charge is 0.307 e. The van der Waals surface area contributed by atoms with Gasteiger partial charge in [-0.25, -0.2) is 0 Å². The van der Waals surface area contributed by atoms with Crippen LogP contribution in [0.4, 0.5) is 0 Å². The Labute approximate surface area is 114 Å². The van der Waals surface area contributed by atoms with Crippen molar-refractivity contribution in [2.45, 2.75) is 58.0 Å². The van der Waals surface area contributed by atoms with Gasteiger partial charge in [0, 0.05) is 5.56 Å². The monoisotopic (exact) mass is 261 g/mol. The summed E-state index contributed by atoms with van der Waals surface area (Å²) in [5.74, 6) is 0.336. The van der Waals surface area contributed by atoms with Crippen molar-refractivity contribution in [1.29, 1.82) is 0 Å². The number of benzene rings is 1. The predicted molar refractivity (Wildman–Crippen MR) is 81.1 cm³/mol. The van der Waals surface area contributed by atoms with Gasteiger partial charge in [-0.2, -0.15) is 0 Å². The predicted octanol–water partition coefficient (Wildman–Crippen LogP) is 4.29. The molecule has 0 unspecified atom stereocenters. The molecule has 0 aliphatic heterocycles. The van der Waals surface area contributed by atoms with E-state index in [0.717, 1.165) is 18.0 Å². The highest BCUT2D eigenvalue weighted by atomic mass is 28.2. The van der Waals surface area contributed by atoms with Gasteiger partial charge in [0.25, 0.3) is 0 Å². The average molecular weight is 261 g/mol. The molecular weight excluding hydrogens is 236 g/mol. The Morgan fingerprint density at radius 1 is 1.06 bits per heavy atom. The summed E-state index contributed by atoms with van der Waals surface area (Å²) in [6.07, 6.45) is 6.11. The normalized spacial score (nSPS) is 10.3. The van der Waals surface area contributed by atoms with Crippen LogP contribution < -0.4 is 0 Å². The number of ketones is 1. The maximum atomic E-state index is 12.0. The van der Waals surface area contributed by atoms with Crippen LogP contribution in [0.15, 0.2) is 24.3 Å². The topological polar surface area (TPSA) is 17.1 Å². The second-order valence-electron chi connectivity index (χ2n) is 4.86. The fourth-order valence-electron chi connectivity index (χ4n) is 1.94. The molecule has 0 heterocycles. The first-order chi connectivity index (χ1) is 8.77. The summed E-state index contributed by atoms with van der Waals surface area (Å²) in [5.41, 5.74) is 2.26. The van der Waals surface area contributed by atoms with E-state index in [4.69, 9.17) is 0 Å². The standard InChI is InChI=1S/C16H25OSi/c1-3-5-7-14-8-10-15(11-9-14)16(17)13-18-12-6-4-2/h8-11,18H,3-7,12-13H2,1-2H3/q+1. The molecule has 0 atom stereocenters. The van der Waals surface area contributed by atoms with E-state index in [-0.39, 0.29) is 0 Å². The molecule has 0 bridgehead atoms. The fourth-order valence-corrected chi connectivity index (χ4v) is 3.34. The van der Waals surface area contributed by atoms with E-state index in [0.29, 0.717) is 15.3 Å². The highest BCUT2D eigenvalue weighted by Crippen LogP contribution is 2.10. The minimum absolute atomic E-state index is 0.315. The van der Waals surface area contributed by atoms with Crippen LogP contribution in [-0.2, 0) is 6.42 Å². The molecule has 0 aromatic heterocycles. The first-order valence-corrected chi connectivity index (χ1v) is 8.85. The summed E-state index contributed by atoms with van der Waals surface area (Å²) in [6, 6.07) is 10.3. The van der Waals surface area contributed by atoms with Crippen molar-refractivity contribution >= 4 is 15.3 Å². The number of hydrogen-bond donors (Lipinski definition) is 0. The van der Waals surface area contributed by atoms with E-state index < -0.39 is 0 Å². The maximum absolute atomic E-state index is 12.0. The second-order valence-corrected chi connectivity index (χ2v) is 6.42. The van der Waals surface area contributed by atoms with E-state index in [9.17, 15) is 4.79 Å². The molecule has 1 aromatic carbocycles. The molecule has 0 saturated heterocycles. The summed E-state index contributed by atoms with van der Waals surface area (Å²) in [7, 11) is 0.315. The van der Waals surface area contributed by atoms with Gasteiger partial charge in [0.1, 0.15) is 6.04 Å². The van der Waals surface area contributed by atoms with Crippen LogP contribution in [0.2, 0.25) is 12.1 Å². The summed E-state index contributed by atoms with van der Waals surface area (Å²) in [4.78, 5) is 12.0. The first-order valence-electron chi connectivity index (χ1n) is 7.21.